The number of rotatable bonds is 1. The minimum Gasteiger partial charge on any atom is -0.393 e. The molecule has 60 valence electrons. The van der Waals surface area contributed by atoms with Crippen LogP contribution in [-0.4, -0.2) is 30.5 Å². The molecular formula is C7H15NO2. The summed E-state index contributed by atoms with van der Waals surface area (Å²) in [5, 5.41) is 9.34. The minimum absolute atomic E-state index is 0.0752. The summed E-state index contributed by atoms with van der Waals surface area (Å²) in [4.78, 5) is 0. The number of aliphatic hydroxyl groups is 1. The van der Waals surface area contributed by atoms with Crippen LogP contribution in [0.1, 0.15) is 13.3 Å². The molecule has 1 aliphatic rings. The van der Waals surface area contributed by atoms with Crippen LogP contribution < -0.4 is 5.73 Å². The van der Waals surface area contributed by atoms with Crippen LogP contribution in [0.15, 0.2) is 0 Å². The number of hydrogen-bond acceptors (Lipinski definition) is 3. The predicted octanol–water partition coefficient (Wildman–Crippen LogP) is -0.269. The molecule has 3 unspecified atom stereocenters. The smallest absolute Gasteiger partial charge is 0.0722 e. The molecule has 0 aromatic heterocycles. The van der Waals surface area contributed by atoms with Crippen LogP contribution in [0.3, 0.4) is 0 Å². The quantitative estimate of drug-likeness (QED) is 0.534. The molecule has 3 nitrogen and oxygen atoms in total. The SMILES string of the molecule is CC1COC(CN)CC1O. The van der Waals surface area contributed by atoms with Crippen LogP contribution in [0.4, 0.5) is 0 Å². The third-order valence-corrected chi connectivity index (χ3v) is 2.02. The van der Waals surface area contributed by atoms with E-state index >= 15 is 0 Å². The molecule has 0 aliphatic carbocycles. The molecule has 1 saturated heterocycles. The monoisotopic (exact) mass is 145 g/mol. The summed E-state index contributed by atoms with van der Waals surface area (Å²) in [5.41, 5.74) is 5.37. The Morgan fingerprint density at radius 1 is 1.70 bits per heavy atom. The van der Waals surface area contributed by atoms with E-state index in [2.05, 4.69) is 0 Å². The standard InChI is InChI=1S/C7H15NO2/c1-5-4-10-6(3-8)2-7(5)9/h5-7,9H,2-4,8H2,1H3. The van der Waals surface area contributed by atoms with Crippen LogP contribution in [0, 0.1) is 5.92 Å². The molecule has 0 aromatic carbocycles. The normalized spacial score (nSPS) is 41.7. The highest BCUT2D eigenvalue weighted by atomic mass is 16.5. The van der Waals surface area contributed by atoms with Crippen LogP contribution in [-0.2, 0) is 4.74 Å². The molecule has 1 fully saturated rings. The van der Waals surface area contributed by atoms with Crippen molar-refractivity contribution in [2.24, 2.45) is 11.7 Å². The van der Waals surface area contributed by atoms with Gasteiger partial charge in [0.25, 0.3) is 0 Å². The number of aliphatic hydroxyl groups excluding tert-OH is 1. The molecule has 0 aromatic rings. The second kappa shape index (κ2) is 3.32. The minimum atomic E-state index is -0.220. The van der Waals surface area contributed by atoms with Crippen molar-refractivity contribution in [1.82, 2.24) is 0 Å². The molecule has 3 atom stereocenters. The van der Waals surface area contributed by atoms with E-state index in [1.165, 1.54) is 0 Å². The molecule has 1 heterocycles. The summed E-state index contributed by atoms with van der Waals surface area (Å²) in [7, 11) is 0. The third-order valence-electron chi connectivity index (χ3n) is 2.02. The fourth-order valence-corrected chi connectivity index (χ4v) is 1.13. The van der Waals surface area contributed by atoms with E-state index in [0.717, 1.165) is 0 Å². The van der Waals surface area contributed by atoms with Crippen LogP contribution in [0.25, 0.3) is 0 Å². The largest absolute Gasteiger partial charge is 0.393 e. The Labute approximate surface area is 61.2 Å². The van der Waals surface area contributed by atoms with Crippen LogP contribution >= 0.6 is 0 Å². The highest BCUT2D eigenvalue weighted by molar-refractivity contribution is 4.75. The van der Waals surface area contributed by atoms with Gasteiger partial charge >= 0.3 is 0 Å². The highest BCUT2D eigenvalue weighted by Gasteiger charge is 2.25. The summed E-state index contributed by atoms with van der Waals surface area (Å²) in [6, 6.07) is 0. The first-order valence-corrected chi connectivity index (χ1v) is 3.73. The Balaban J connectivity index is 2.33. The maximum atomic E-state index is 9.34. The van der Waals surface area contributed by atoms with Gasteiger partial charge < -0.3 is 15.6 Å². The van der Waals surface area contributed by atoms with E-state index in [9.17, 15) is 5.11 Å². The number of hydrogen-bond donors (Lipinski definition) is 2. The van der Waals surface area contributed by atoms with E-state index in [1.807, 2.05) is 6.92 Å². The van der Waals surface area contributed by atoms with Gasteiger partial charge in [0, 0.05) is 18.9 Å². The lowest BCUT2D eigenvalue weighted by Gasteiger charge is -2.30. The fourth-order valence-electron chi connectivity index (χ4n) is 1.13. The Hall–Kier alpha value is -0.120. The average Bonchev–Trinajstić information content (AvgIpc) is 1.95. The molecule has 0 amide bonds. The molecule has 3 heteroatoms. The summed E-state index contributed by atoms with van der Waals surface area (Å²) >= 11 is 0. The topological polar surface area (TPSA) is 55.5 Å². The van der Waals surface area contributed by atoms with Crippen molar-refractivity contribution in [3.05, 3.63) is 0 Å². The molecule has 0 radical (unpaired) electrons. The maximum Gasteiger partial charge on any atom is 0.0722 e. The van der Waals surface area contributed by atoms with E-state index in [0.29, 0.717) is 19.6 Å². The van der Waals surface area contributed by atoms with Crippen molar-refractivity contribution in [2.45, 2.75) is 25.6 Å². The average molecular weight is 145 g/mol. The summed E-state index contributed by atoms with van der Waals surface area (Å²) < 4.78 is 5.32. The van der Waals surface area contributed by atoms with E-state index < -0.39 is 0 Å². The molecule has 1 aliphatic heterocycles. The van der Waals surface area contributed by atoms with Gasteiger partial charge in [-0.15, -0.1) is 0 Å². The predicted molar refractivity (Wildman–Crippen MR) is 38.6 cm³/mol. The van der Waals surface area contributed by atoms with Gasteiger partial charge in [-0.2, -0.15) is 0 Å². The van der Waals surface area contributed by atoms with Gasteiger partial charge in [0.15, 0.2) is 0 Å². The first-order chi connectivity index (χ1) is 4.74. The lowest BCUT2D eigenvalue weighted by atomic mass is 9.97. The van der Waals surface area contributed by atoms with E-state index in [-0.39, 0.29) is 18.1 Å². The van der Waals surface area contributed by atoms with E-state index in [4.69, 9.17) is 10.5 Å². The number of nitrogens with two attached hydrogens (primary N) is 1. The van der Waals surface area contributed by atoms with Crippen LogP contribution in [0.2, 0.25) is 0 Å². The van der Waals surface area contributed by atoms with Gasteiger partial charge in [-0.05, 0) is 0 Å². The van der Waals surface area contributed by atoms with Gasteiger partial charge in [-0.1, -0.05) is 6.92 Å². The summed E-state index contributed by atoms with van der Waals surface area (Å²) in [6.45, 7) is 3.14. The first-order valence-electron chi connectivity index (χ1n) is 3.73. The lowest BCUT2D eigenvalue weighted by molar-refractivity contribution is -0.0731. The number of ether oxygens (including phenoxy) is 1. The van der Waals surface area contributed by atoms with Gasteiger partial charge in [0.05, 0.1) is 18.8 Å². The molecule has 0 saturated carbocycles. The lowest BCUT2D eigenvalue weighted by Crippen LogP contribution is -2.39. The van der Waals surface area contributed by atoms with Crippen molar-refractivity contribution < 1.29 is 9.84 Å². The Kier molecular flexibility index (Phi) is 2.65. The van der Waals surface area contributed by atoms with Crippen molar-refractivity contribution in [2.75, 3.05) is 13.2 Å². The molecule has 3 N–H and O–H groups in total. The molecular weight excluding hydrogens is 130 g/mol. The molecule has 0 spiro atoms. The maximum absolute atomic E-state index is 9.34. The second-order valence-electron chi connectivity index (χ2n) is 2.97. The van der Waals surface area contributed by atoms with E-state index in [1.54, 1.807) is 0 Å². The zero-order valence-corrected chi connectivity index (χ0v) is 6.29. The third kappa shape index (κ3) is 1.68. The molecule has 10 heavy (non-hydrogen) atoms. The Morgan fingerprint density at radius 3 is 2.90 bits per heavy atom. The van der Waals surface area contributed by atoms with Gasteiger partial charge in [0.1, 0.15) is 0 Å². The molecule has 1 rings (SSSR count). The summed E-state index contributed by atoms with van der Waals surface area (Å²) in [5.74, 6) is 0.266. The van der Waals surface area contributed by atoms with Crippen LogP contribution in [0.5, 0.6) is 0 Å². The van der Waals surface area contributed by atoms with Gasteiger partial charge in [0.2, 0.25) is 0 Å². The zero-order chi connectivity index (χ0) is 7.56. The Bertz CT molecular complexity index is 108. The van der Waals surface area contributed by atoms with Crippen molar-refractivity contribution in [1.29, 1.82) is 0 Å². The first kappa shape index (κ1) is 7.98. The van der Waals surface area contributed by atoms with Gasteiger partial charge in [-0.3, -0.25) is 0 Å². The summed E-state index contributed by atoms with van der Waals surface area (Å²) in [6.07, 6.45) is 0.547. The highest BCUT2D eigenvalue weighted by Crippen LogP contribution is 2.17. The van der Waals surface area contributed by atoms with Crippen molar-refractivity contribution in [3.8, 4) is 0 Å². The fraction of sp³-hybridized carbons (Fsp3) is 1.00. The van der Waals surface area contributed by atoms with Crippen molar-refractivity contribution in [3.63, 3.8) is 0 Å². The zero-order valence-electron chi connectivity index (χ0n) is 6.29. The van der Waals surface area contributed by atoms with Gasteiger partial charge in [-0.25, -0.2) is 0 Å². The van der Waals surface area contributed by atoms with Crippen molar-refractivity contribution >= 4 is 0 Å². The molecule has 0 bridgehead atoms. The Morgan fingerprint density at radius 2 is 2.40 bits per heavy atom. The second-order valence-corrected chi connectivity index (χ2v) is 2.97.